The van der Waals surface area contributed by atoms with Crippen LogP contribution in [0, 0.1) is 0 Å². The van der Waals surface area contributed by atoms with Gasteiger partial charge in [0.25, 0.3) is 0 Å². The van der Waals surface area contributed by atoms with Crippen LogP contribution >= 0.6 is 31.5 Å². The molecule has 0 radical (unpaired) electrons. The predicted octanol–water partition coefficient (Wildman–Crippen LogP) is 0.860. The maximum atomic E-state index is 11.2. The monoisotopic (exact) mass is 258 g/mol. The molecule has 9 heteroatoms. The lowest BCUT2D eigenvalue weighted by molar-refractivity contribution is -0.125. The maximum Gasteiger partial charge on any atom is 0.339 e. The van der Waals surface area contributed by atoms with Gasteiger partial charge in [0.15, 0.2) is 5.78 Å². The number of allylic oxidation sites excluding steroid dienone is 1. The molecule has 1 N–H and O–H groups in total. The van der Waals surface area contributed by atoms with Crippen LogP contribution in [0.15, 0.2) is 15.2 Å². The molecule has 0 saturated carbocycles. The SMILES string of the molecule is O=C1CN(O[PH](=O)O)N=CC(Cl)=C1Cl. The van der Waals surface area contributed by atoms with Gasteiger partial charge in [-0.25, -0.2) is 0 Å². The summed E-state index contributed by atoms with van der Waals surface area (Å²) in [5, 5.41) is 3.93. The van der Waals surface area contributed by atoms with E-state index < -0.39 is 14.0 Å². The third-order valence-electron chi connectivity index (χ3n) is 1.22. The number of hydrogen-bond acceptors (Lipinski definition) is 5. The predicted molar refractivity (Wildman–Crippen MR) is 51.2 cm³/mol. The number of nitrogens with zero attached hydrogens (tertiary/aromatic N) is 2. The van der Waals surface area contributed by atoms with Gasteiger partial charge >= 0.3 is 8.25 Å². The normalized spacial score (nSPS) is 19.9. The third kappa shape index (κ3) is 3.08. The van der Waals surface area contributed by atoms with Gasteiger partial charge in [-0.1, -0.05) is 23.2 Å². The van der Waals surface area contributed by atoms with Crippen molar-refractivity contribution in [2.75, 3.05) is 6.54 Å². The third-order valence-corrected chi connectivity index (χ3v) is 2.38. The molecular formula is C5H5Cl2N2O4P. The summed E-state index contributed by atoms with van der Waals surface area (Å²) < 4.78 is 14.6. The average molecular weight is 259 g/mol. The molecule has 1 heterocycles. The van der Waals surface area contributed by atoms with Crippen LogP contribution in [0.5, 0.6) is 0 Å². The first-order valence-electron chi connectivity index (χ1n) is 3.31. The van der Waals surface area contributed by atoms with E-state index in [0.717, 1.165) is 6.21 Å². The second kappa shape index (κ2) is 4.91. The smallest absolute Gasteiger partial charge is 0.325 e. The zero-order valence-corrected chi connectivity index (χ0v) is 9.12. The number of halogens is 2. The summed E-state index contributed by atoms with van der Waals surface area (Å²) in [6.07, 6.45) is 1.06. The Kier molecular flexibility index (Phi) is 4.10. The molecule has 1 rings (SSSR count). The summed E-state index contributed by atoms with van der Waals surface area (Å²) in [6.45, 7) is -0.359. The largest absolute Gasteiger partial charge is 0.339 e. The number of hydrogen-bond donors (Lipinski definition) is 1. The second-order valence-corrected chi connectivity index (χ2v) is 3.70. The van der Waals surface area contributed by atoms with Crippen molar-refractivity contribution in [2.24, 2.45) is 5.10 Å². The number of carbonyl (C=O) groups is 1. The zero-order chi connectivity index (χ0) is 10.7. The van der Waals surface area contributed by atoms with E-state index in [-0.39, 0.29) is 16.6 Å². The highest BCUT2D eigenvalue weighted by Gasteiger charge is 2.19. The number of ketones is 1. The van der Waals surface area contributed by atoms with Crippen molar-refractivity contribution >= 4 is 43.5 Å². The lowest BCUT2D eigenvalue weighted by Crippen LogP contribution is -2.22. The van der Waals surface area contributed by atoms with Crippen LogP contribution < -0.4 is 0 Å². The fraction of sp³-hybridized carbons (Fsp3) is 0.200. The van der Waals surface area contributed by atoms with Gasteiger partial charge in [0.2, 0.25) is 0 Å². The lowest BCUT2D eigenvalue weighted by Gasteiger charge is -2.12. The van der Waals surface area contributed by atoms with Gasteiger partial charge in [-0.15, -0.1) is 0 Å². The van der Waals surface area contributed by atoms with Crippen molar-refractivity contribution < 1.29 is 18.9 Å². The molecule has 6 nitrogen and oxygen atoms in total. The number of rotatable bonds is 2. The van der Waals surface area contributed by atoms with E-state index in [4.69, 9.17) is 28.1 Å². The number of hydroxylamine groups is 1. The molecule has 0 aliphatic carbocycles. The van der Waals surface area contributed by atoms with E-state index in [9.17, 15) is 9.36 Å². The molecule has 0 aromatic rings. The fourth-order valence-corrected chi connectivity index (χ4v) is 1.23. The van der Waals surface area contributed by atoms with Crippen molar-refractivity contribution in [1.29, 1.82) is 0 Å². The summed E-state index contributed by atoms with van der Waals surface area (Å²) in [4.78, 5) is 19.6. The summed E-state index contributed by atoms with van der Waals surface area (Å²) in [5.41, 5.74) is 0. The zero-order valence-electron chi connectivity index (χ0n) is 6.61. The Morgan fingerprint density at radius 2 is 2.29 bits per heavy atom. The van der Waals surface area contributed by atoms with Crippen molar-refractivity contribution in [3.63, 3.8) is 0 Å². The molecule has 0 saturated heterocycles. The minimum Gasteiger partial charge on any atom is -0.325 e. The molecule has 1 unspecified atom stereocenters. The van der Waals surface area contributed by atoms with E-state index in [1.165, 1.54) is 0 Å². The van der Waals surface area contributed by atoms with Gasteiger partial charge in [0.1, 0.15) is 11.6 Å². The molecule has 0 spiro atoms. The molecule has 1 atom stereocenters. The molecule has 1 aliphatic heterocycles. The lowest BCUT2D eigenvalue weighted by atomic mass is 10.3. The first-order chi connectivity index (χ1) is 6.50. The average Bonchev–Trinajstić information content (AvgIpc) is 2.19. The van der Waals surface area contributed by atoms with Gasteiger partial charge in [-0.05, 0) is 0 Å². The van der Waals surface area contributed by atoms with Crippen LogP contribution in [-0.4, -0.2) is 28.6 Å². The molecule has 0 fully saturated rings. The molecule has 0 amide bonds. The van der Waals surface area contributed by atoms with Crippen LogP contribution in [-0.2, 0) is 14.0 Å². The van der Waals surface area contributed by atoms with Crippen LogP contribution in [0.4, 0.5) is 0 Å². The Bertz CT molecular complexity index is 343. The molecule has 14 heavy (non-hydrogen) atoms. The molecule has 0 bridgehead atoms. The number of hydrazone groups is 1. The minimum atomic E-state index is -3.20. The summed E-state index contributed by atoms with van der Waals surface area (Å²) in [7, 11) is -3.20. The van der Waals surface area contributed by atoms with Crippen molar-refractivity contribution in [3.8, 4) is 0 Å². The fourth-order valence-electron chi connectivity index (χ4n) is 0.684. The Labute approximate surface area is 89.6 Å². The van der Waals surface area contributed by atoms with E-state index in [1.807, 2.05) is 0 Å². The molecule has 0 aromatic carbocycles. The van der Waals surface area contributed by atoms with Gasteiger partial charge < -0.3 is 4.89 Å². The Morgan fingerprint density at radius 3 is 2.86 bits per heavy atom. The summed E-state index contributed by atoms with van der Waals surface area (Å²) in [6, 6.07) is 0. The molecular weight excluding hydrogens is 254 g/mol. The first-order valence-corrected chi connectivity index (χ1v) is 5.33. The van der Waals surface area contributed by atoms with Crippen molar-refractivity contribution in [2.45, 2.75) is 0 Å². The second-order valence-electron chi connectivity index (χ2n) is 2.20. The number of Topliss-reactive ketones (excluding diaryl/α,β-unsaturated/α-hetero) is 1. The van der Waals surface area contributed by atoms with Gasteiger partial charge in [-0.2, -0.15) is 14.9 Å². The van der Waals surface area contributed by atoms with Crippen molar-refractivity contribution in [1.82, 2.24) is 5.17 Å². The van der Waals surface area contributed by atoms with Crippen molar-refractivity contribution in [3.05, 3.63) is 10.1 Å². The molecule has 78 valence electrons. The van der Waals surface area contributed by atoms with Crippen LogP contribution in [0.1, 0.15) is 0 Å². The maximum absolute atomic E-state index is 11.2. The molecule has 1 aliphatic rings. The number of carbonyl (C=O) groups excluding carboxylic acids is 1. The highest BCUT2D eigenvalue weighted by molar-refractivity contribution is 7.32. The first kappa shape index (κ1) is 11.7. The Morgan fingerprint density at radius 1 is 1.64 bits per heavy atom. The van der Waals surface area contributed by atoms with Gasteiger partial charge in [0.05, 0.1) is 11.2 Å². The topological polar surface area (TPSA) is 79.2 Å². The standard InChI is InChI=1S/C5H5Cl2N2O4P/c6-3-1-8-9(13-14(11)12)2-4(10)5(3)7/h1,14H,2H2,(H,11,12). The van der Waals surface area contributed by atoms with E-state index in [0.29, 0.717) is 5.17 Å². The van der Waals surface area contributed by atoms with Crippen LogP contribution in [0.2, 0.25) is 0 Å². The Balaban J connectivity index is 2.78. The van der Waals surface area contributed by atoms with Gasteiger partial charge in [0, 0.05) is 0 Å². The van der Waals surface area contributed by atoms with E-state index in [2.05, 4.69) is 9.73 Å². The summed E-state index contributed by atoms with van der Waals surface area (Å²) in [5.74, 6) is -0.544. The van der Waals surface area contributed by atoms with E-state index in [1.54, 1.807) is 0 Å². The van der Waals surface area contributed by atoms with Crippen LogP contribution in [0.25, 0.3) is 0 Å². The molecule has 0 aromatic heterocycles. The highest BCUT2D eigenvalue weighted by Crippen LogP contribution is 2.22. The highest BCUT2D eigenvalue weighted by atomic mass is 35.5. The quantitative estimate of drug-likeness (QED) is 0.744. The van der Waals surface area contributed by atoms with E-state index >= 15 is 0 Å². The van der Waals surface area contributed by atoms with Gasteiger partial charge in [-0.3, -0.25) is 9.36 Å². The van der Waals surface area contributed by atoms with Crippen LogP contribution in [0.3, 0.4) is 0 Å². The Hall–Kier alpha value is -0.390. The summed E-state index contributed by atoms with van der Waals surface area (Å²) >= 11 is 11.0. The minimum absolute atomic E-state index is 0.0413.